The third-order valence-corrected chi connectivity index (χ3v) is 3.09. The van der Waals surface area contributed by atoms with Crippen molar-refractivity contribution in [2.45, 2.75) is 6.54 Å². The molecular weight excluding hydrogens is 222 g/mol. The summed E-state index contributed by atoms with van der Waals surface area (Å²) in [6.07, 6.45) is 7.80. The maximum Gasteiger partial charge on any atom is 0.193 e. The molecule has 0 aliphatic heterocycles. The Morgan fingerprint density at radius 3 is 3.12 bits per heavy atom. The summed E-state index contributed by atoms with van der Waals surface area (Å²) in [5.41, 5.74) is 2.05. The predicted octanol–water partition coefficient (Wildman–Crippen LogP) is 1.74. The average molecular weight is 233 g/mol. The predicted molar refractivity (Wildman–Crippen MR) is 63.6 cm³/mol. The van der Waals surface area contributed by atoms with Gasteiger partial charge in [0.15, 0.2) is 4.96 Å². The van der Waals surface area contributed by atoms with Gasteiger partial charge in [-0.05, 0) is 0 Å². The molecule has 6 heteroatoms. The van der Waals surface area contributed by atoms with Crippen LogP contribution in [0.5, 0.6) is 0 Å². The molecule has 0 aliphatic rings. The second-order valence-electron chi connectivity index (χ2n) is 3.58. The monoisotopic (exact) mass is 233 g/mol. The third-order valence-electron chi connectivity index (χ3n) is 2.32. The molecule has 3 aromatic heterocycles. The van der Waals surface area contributed by atoms with Crippen LogP contribution in [0.4, 0.5) is 5.69 Å². The maximum atomic E-state index is 4.49. The molecule has 0 atom stereocenters. The molecule has 0 amide bonds. The lowest BCUT2D eigenvalue weighted by atomic mass is 10.4. The van der Waals surface area contributed by atoms with E-state index in [4.69, 9.17) is 0 Å². The summed E-state index contributed by atoms with van der Waals surface area (Å²) in [5.74, 6) is 0. The van der Waals surface area contributed by atoms with Gasteiger partial charge in [0.1, 0.15) is 0 Å². The first kappa shape index (κ1) is 9.41. The first-order valence-corrected chi connectivity index (χ1v) is 5.83. The van der Waals surface area contributed by atoms with Gasteiger partial charge < -0.3 is 5.32 Å². The van der Waals surface area contributed by atoms with Crippen LogP contribution in [0, 0.1) is 0 Å². The Morgan fingerprint density at radius 1 is 1.44 bits per heavy atom. The Morgan fingerprint density at radius 2 is 2.38 bits per heavy atom. The minimum absolute atomic E-state index is 0.722. The van der Waals surface area contributed by atoms with Crippen LogP contribution in [-0.4, -0.2) is 19.2 Å². The standard InChI is InChI=1S/C10H11N5S/c1-14-6-8(5-12-14)11-4-9-7-15-2-3-16-10(15)13-9/h2-3,5-7,11H,4H2,1H3. The number of aromatic nitrogens is 4. The Kier molecular flexibility index (Phi) is 2.14. The summed E-state index contributed by atoms with van der Waals surface area (Å²) in [7, 11) is 1.90. The van der Waals surface area contributed by atoms with E-state index in [2.05, 4.69) is 15.4 Å². The molecule has 0 bridgehead atoms. The lowest BCUT2D eigenvalue weighted by Crippen LogP contribution is -1.98. The molecule has 3 aromatic rings. The molecule has 5 nitrogen and oxygen atoms in total. The molecule has 0 fully saturated rings. The average Bonchev–Trinajstić information content (AvgIpc) is 2.89. The number of hydrogen-bond donors (Lipinski definition) is 1. The van der Waals surface area contributed by atoms with Crippen molar-refractivity contribution in [3.05, 3.63) is 35.9 Å². The minimum Gasteiger partial charge on any atom is -0.377 e. The molecule has 0 saturated carbocycles. The fourth-order valence-electron chi connectivity index (χ4n) is 1.57. The van der Waals surface area contributed by atoms with Crippen molar-refractivity contribution in [3.8, 4) is 0 Å². The summed E-state index contributed by atoms with van der Waals surface area (Å²) in [6, 6.07) is 0. The number of fused-ring (bicyclic) bond motifs is 1. The molecular formula is C10H11N5S. The van der Waals surface area contributed by atoms with Crippen molar-refractivity contribution in [1.29, 1.82) is 0 Å². The van der Waals surface area contributed by atoms with Crippen molar-refractivity contribution in [2.24, 2.45) is 7.05 Å². The van der Waals surface area contributed by atoms with Crippen molar-refractivity contribution in [1.82, 2.24) is 19.2 Å². The molecule has 0 spiro atoms. The van der Waals surface area contributed by atoms with Crippen molar-refractivity contribution < 1.29 is 0 Å². The van der Waals surface area contributed by atoms with Gasteiger partial charge in [0.2, 0.25) is 0 Å². The smallest absolute Gasteiger partial charge is 0.193 e. The van der Waals surface area contributed by atoms with Crippen LogP contribution < -0.4 is 5.32 Å². The molecule has 0 unspecified atom stereocenters. The minimum atomic E-state index is 0.722. The van der Waals surface area contributed by atoms with Gasteiger partial charge in [-0.1, -0.05) is 0 Å². The number of hydrogen-bond acceptors (Lipinski definition) is 4. The van der Waals surface area contributed by atoms with E-state index in [0.29, 0.717) is 0 Å². The van der Waals surface area contributed by atoms with Gasteiger partial charge >= 0.3 is 0 Å². The van der Waals surface area contributed by atoms with Gasteiger partial charge in [0, 0.05) is 31.0 Å². The zero-order chi connectivity index (χ0) is 11.0. The van der Waals surface area contributed by atoms with E-state index in [9.17, 15) is 0 Å². The SMILES string of the molecule is Cn1cc(NCc2cn3ccsc3n2)cn1. The second-order valence-corrected chi connectivity index (χ2v) is 4.45. The highest BCUT2D eigenvalue weighted by atomic mass is 32.1. The fourth-order valence-corrected chi connectivity index (χ4v) is 2.29. The lowest BCUT2D eigenvalue weighted by Gasteiger charge is -1.98. The Balaban J connectivity index is 1.73. The van der Waals surface area contributed by atoms with E-state index in [1.165, 1.54) is 0 Å². The fraction of sp³-hybridized carbons (Fsp3) is 0.200. The molecule has 0 saturated heterocycles. The highest BCUT2D eigenvalue weighted by Crippen LogP contribution is 2.12. The van der Waals surface area contributed by atoms with Gasteiger partial charge in [-0.3, -0.25) is 9.08 Å². The first-order chi connectivity index (χ1) is 7.81. The third kappa shape index (κ3) is 1.67. The van der Waals surface area contributed by atoms with Gasteiger partial charge in [-0.15, -0.1) is 11.3 Å². The largest absolute Gasteiger partial charge is 0.377 e. The molecule has 0 radical (unpaired) electrons. The Bertz CT molecular complexity index is 577. The zero-order valence-electron chi connectivity index (χ0n) is 8.79. The van der Waals surface area contributed by atoms with E-state index in [-0.39, 0.29) is 0 Å². The van der Waals surface area contributed by atoms with E-state index in [1.54, 1.807) is 22.2 Å². The van der Waals surface area contributed by atoms with Crippen LogP contribution in [0.15, 0.2) is 30.2 Å². The van der Waals surface area contributed by atoms with Crippen molar-refractivity contribution >= 4 is 22.0 Å². The van der Waals surface area contributed by atoms with Crippen LogP contribution >= 0.6 is 11.3 Å². The molecule has 1 N–H and O–H groups in total. The molecule has 82 valence electrons. The van der Waals surface area contributed by atoms with Crippen LogP contribution in [-0.2, 0) is 13.6 Å². The normalized spacial score (nSPS) is 11.1. The summed E-state index contributed by atoms with van der Waals surface area (Å²) in [4.78, 5) is 5.52. The van der Waals surface area contributed by atoms with Crippen molar-refractivity contribution in [2.75, 3.05) is 5.32 Å². The molecule has 0 aliphatic carbocycles. The Hall–Kier alpha value is -1.82. The van der Waals surface area contributed by atoms with Gasteiger partial charge in [-0.2, -0.15) is 5.10 Å². The van der Waals surface area contributed by atoms with Gasteiger partial charge in [0.05, 0.1) is 24.1 Å². The van der Waals surface area contributed by atoms with Gasteiger partial charge in [0.25, 0.3) is 0 Å². The maximum absolute atomic E-state index is 4.49. The number of nitrogens with one attached hydrogen (secondary N) is 1. The van der Waals surface area contributed by atoms with E-state index < -0.39 is 0 Å². The summed E-state index contributed by atoms with van der Waals surface area (Å²) >= 11 is 1.64. The van der Waals surface area contributed by atoms with Gasteiger partial charge in [-0.25, -0.2) is 4.98 Å². The first-order valence-electron chi connectivity index (χ1n) is 4.95. The molecule has 3 rings (SSSR count). The number of thiazole rings is 1. The molecule has 0 aromatic carbocycles. The quantitative estimate of drug-likeness (QED) is 0.749. The topological polar surface area (TPSA) is 47.2 Å². The summed E-state index contributed by atoms with van der Waals surface area (Å²) < 4.78 is 3.80. The van der Waals surface area contributed by atoms with E-state index in [1.807, 2.05) is 35.4 Å². The molecule has 3 heterocycles. The van der Waals surface area contributed by atoms with Crippen LogP contribution in [0.2, 0.25) is 0 Å². The highest BCUT2D eigenvalue weighted by Gasteiger charge is 2.02. The number of nitrogens with zero attached hydrogens (tertiary/aromatic N) is 4. The number of anilines is 1. The van der Waals surface area contributed by atoms with E-state index in [0.717, 1.165) is 22.9 Å². The number of aryl methyl sites for hydroxylation is 1. The van der Waals surface area contributed by atoms with Crippen LogP contribution in [0.25, 0.3) is 4.96 Å². The summed E-state index contributed by atoms with van der Waals surface area (Å²) in [5, 5.41) is 9.40. The Labute approximate surface area is 96.4 Å². The lowest BCUT2D eigenvalue weighted by molar-refractivity contribution is 0.768. The zero-order valence-corrected chi connectivity index (χ0v) is 9.61. The second kappa shape index (κ2) is 3.64. The van der Waals surface area contributed by atoms with Crippen LogP contribution in [0.3, 0.4) is 0 Å². The number of rotatable bonds is 3. The number of imidazole rings is 1. The van der Waals surface area contributed by atoms with Crippen molar-refractivity contribution in [3.63, 3.8) is 0 Å². The van der Waals surface area contributed by atoms with Crippen LogP contribution in [0.1, 0.15) is 5.69 Å². The van der Waals surface area contributed by atoms with E-state index >= 15 is 0 Å². The highest BCUT2D eigenvalue weighted by molar-refractivity contribution is 7.15. The summed E-state index contributed by atoms with van der Waals surface area (Å²) in [6.45, 7) is 0.722. The molecule has 16 heavy (non-hydrogen) atoms.